The van der Waals surface area contributed by atoms with E-state index in [4.69, 9.17) is 0 Å². The standard InChI is InChI=1S/C15H22N4/c1-11-6-7-12(2)14(8-11)16-9-13-10-17-15(18(3)4)19(13)5/h6-8,10,16H,9H2,1-5H3. The predicted octanol–water partition coefficient (Wildman–Crippen LogP) is 2.72. The van der Waals surface area contributed by atoms with Crippen molar-refractivity contribution in [1.29, 1.82) is 0 Å². The lowest BCUT2D eigenvalue weighted by Crippen LogP contribution is -2.15. The number of hydrogen-bond donors (Lipinski definition) is 1. The fourth-order valence-corrected chi connectivity index (χ4v) is 2.13. The van der Waals surface area contributed by atoms with Crippen LogP contribution in [0.3, 0.4) is 0 Å². The molecule has 0 saturated heterocycles. The number of hydrogen-bond acceptors (Lipinski definition) is 3. The molecule has 0 unspecified atom stereocenters. The van der Waals surface area contributed by atoms with Crippen molar-refractivity contribution in [2.24, 2.45) is 7.05 Å². The Bertz CT molecular complexity index is 570. The maximum absolute atomic E-state index is 4.42. The van der Waals surface area contributed by atoms with Crippen LogP contribution in [-0.4, -0.2) is 23.6 Å². The zero-order valence-electron chi connectivity index (χ0n) is 12.4. The van der Waals surface area contributed by atoms with E-state index in [0.717, 1.165) is 12.5 Å². The van der Waals surface area contributed by atoms with Crippen LogP contribution in [0, 0.1) is 13.8 Å². The van der Waals surface area contributed by atoms with Crippen LogP contribution < -0.4 is 10.2 Å². The molecule has 19 heavy (non-hydrogen) atoms. The molecule has 0 radical (unpaired) electrons. The highest BCUT2D eigenvalue weighted by molar-refractivity contribution is 5.52. The third-order valence-electron chi connectivity index (χ3n) is 3.31. The van der Waals surface area contributed by atoms with Gasteiger partial charge >= 0.3 is 0 Å². The van der Waals surface area contributed by atoms with Gasteiger partial charge in [-0.05, 0) is 31.0 Å². The van der Waals surface area contributed by atoms with E-state index in [-0.39, 0.29) is 0 Å². The molecule has 0 aliphatic heterocycles. The quantitative estimate of drug-likeness (QED) is 0.915. The Kier molecular flexibility index (Phi) is 3.79. The molecule has 0 atom stereocenters. The minimum atomic E-state index is 0.779. The van der Waals surface area contributed by atoms with Gasteiger partial charge in [0.2, 0.25) is 5.95 Å². The number of rotatable bonds is 4. The molecule has 1 aromatic carbocycles. The van der Waals surface area contributed by atoms with Gasteiger partial charge in [0.05, 0.1) is 18.4 Å². The van der Waals surface area contributed by atoms with Gasteiger partial charge in [-0.3, -0.25) is 0 Å². The highest BCUT2D eigenvalue weighted by Gasteiger charge is 2.08. The molecular weight excluding hydrogens is 236 g/mol. The Morgan fingerprint density at radius 2 is 2.00 bits per heavy atom. The molecule has 102 valence electrons. The largest absolute Gasteiger partial charge is 0.379 e. The number of imidazole rings is 1. The summed E-state index contributed by atoms with van der Waals surface area (Å²) in [5, 5.41) is 3.48. The van der Waals surface area contributed by atoms with Crippen LogP contribution in [0.4, 0.5) is 11.6 Å². The normalized spacial score (nSPS) is 10.6. The summed E-state index contributed by atoms with van der Waals surface area (Å²) in [6.07, 6.45) is 1.92. The summed E-state index contributed by atoms with van der Waals surface area (Å²) in [6.45, 7) is 5.01. The van der Waals surface area contributed by atoms with Crippen molar-refractivity contribution >= 4 is 11.6 Å². The molecular formula is C15H22N4. The van der Waals surface area contributed by atoms with E-state index in [1.165, 1.54) is 22.5 Å². The topological polar surface area (TPSA) is 33.1 Å². The van der Waals surface area contributed by atoms with E-state index in [2.05, 4.69) is 46.9 Å². The second kappa shape index (κ2) is 5.34. The first-order chi connectivity index (χ1) is 8.99. The number of aryl methyl sites for hydroxylation is 2. The van der Waals surface area contributed by atoms with Gasteiger partial charge < -0.3 is 14.8 Å². The van der Waals surface area contributed by atoms with Crippen LogP contribution in [0.5, 0.6) is 0 Å². The van der Waals surface area contributed by atoms with E-state index < -0.39 is 0 Å². The maximum Gasteiger partial charge on any atom is 0.204 e. The first-order valence-corrected chi connectivity index (χ1v) is 6.48. The number of nitrogens with zero attached hydrogens (tertiary/aromatic N) is 3. The molecule has 0 aliphatic carbocycles. The van der Waals surface area contributed by atoms with Crippen molar-refractivity contribution in [2.75, 3.05) is 24.3 Å². The Balaban J connectivity index is 2.12. The summed E-state index contributed by atoms with van der Waals surface area (Å²) in [5.74, 6) is 0.970. The first kappa shape index (κ1) is 13.5. The lowest BCUT2D eigenvalue weighted by molar-refractivity contribution is 0.813. The highest BCUT2D eigenvalue weighted by Crippen LogP contribution is 2.18. The molecule has 1 N–H and O–H groups in total. The smallest absolute Gasteiger partial charge is 0.204 e. The van der Waals surface area contributed by atoms with Crippen molar-refractivity contribution < 1.29 is 0 Å². The van der Waals surface area contributed by atoms with Crippen LogP contribution >= 0.6 is 0 Å². The molecule has 0 aliphatic rings. The number of nitrogens with one attached hydrogen (secondary N) is 1. The van der Waals surface area contributed by atoms with Gasteiger partial charge in [0.1, 0.15) is 0 Å². The van der Waals surface area contributed by atoms with Crippen molar-refractivity contribution in [3.63, 3.8) is 0 Å². The molecule has 2 rings (SSSR count). The van der Waals surface area contributed by atoms with E-state index in [1.54, 1.807) is 0 Å². The van der Waals surface area contributed by atoms with Crippen molar-refractivity contribution in [2.45, 2.75) is 20.4 Å². The number of aromatic nitrogens is 2. The third kappa shape index (κ3) is 2.89. The minimum Gasteiger partial charge on any atom is -0.379 e. The van der Waals surface area contributed by atoms with Gasteiger partial charge in [-0.15, -0.1) is 0 Å². The second-order valence-corrected chi connectivity index (χ2v) is 5.17. The molecule has 0 fully saturated rings. The molecule has 1 heterocycles. The Hall–Kier alpha value is -1.97. The Morgan fingerprint density at radius 3 is 2.63 bits per heavy atom. The third-order valence-corrected chi connectivity index (χ3v) is 3.31. The molecule has 0 saturated carbocycles. The minimum absolute atomic E-state index is 0.779. The molecule has 0 bridgehead atoms. The summed E-state index contributed by atoms with van der Waals surface area (Å²) in [5.41, 5.74) is 4.89. The molecule has 1 aromatic heterocycles. The van der Waals surface area contributed by atoms with Crippen LogP contribution in [-0.2, 0) is 13.6 Å². The fourth-order valence-electron chi connectivity index (χ4n) is 2.13. The second-order valence-electron chi connectivity index (χ2n) is 5.17. The van der Waals surface area contributed by atoms with E-state index >= 15 is 0 Å². The van der Waals surface area contributed by atoms with Gasteiger partial charge in [0, 0.05) is 26.8 Å². The summed E-state index contributed by atoms with van der Waals surface area (Å²) in [6, 6.07) is 6.46. The molecule has 0 spiro atoms. The van der Waals surface area contributed by atoms with Gasteiger partial charge in [-0.2, -0.15) is 0 Å². The van der Waals surface area contributed by atoms with Crippen LogP contribution in [0.15, 0.2) is 24.4 Å². The monoisotopic (exact) mass is 258 g/mol. The first-order valence-electron chi connectivity index (χ1n) is 6.48. The van der Waals surface area contributed by atoms with Crippen LogP contribution in [0.25, 0.3) is 0 Å². The zero-order chi connectivity index (χ0) is 14.0. The van der Waals surface area contributed by atoms with Gasteiger partial charge in [0.15, 0.2) is 0 Å². The Morgan fingerprint density at radius 1 is 1.26 bits per heavy atom. The maximum atomic E-state index is 4.42. The Labute approximate surface area is 115 Å². The fraction of sp³-hybridized carbons (Fsp3) is 0.400. The highest BCUT2D eigenvalue weighted by atomic mass is 15.3. The summed E-state index contributed by atoms with van der Waals surface area (Å²) in [7, 11) is 6.05. The average molecular weight is 258 g/mol. The zero-order valence-corrected chi connectivity index (χ0v) is 12.4. The molecule has 0 amide bonds. The lowest BCUT2D eigenvalue weighted by atomic mass is 10.1. The van der Waals surface area contributed by atoms with Gasteiger partial charge in [0.25, 0.3) is 0 Å². The van der Waals surface area contributed by atoms with Crippen LogP contribution in [0.1, 0.15) is 16.8 Å². The SMILES string of the molecule is Cc1ccc(C)c(NCc2cnc(N(C)C)n2C)c1. The molecule has 2 aromatic rings. The predicted molar refractivity (Wildman–Crippen MR) is 80.8 cm³/mol. The van der Waals surface area contributed by atoms with Crippen molar-refractivity contribution in [3.05, 3.63) is 41.2 Å². The molecule has 4 heteroatoms. The van der Waals surface area contributed by atoms with Gasteiger partial charge in [-0.25, -0.2) is 4.98 Å². The average Bonchev–Trinajstić information content (AvgIpc) is 2.72. The summed E-state index contributed by atoms with van der Waals surface area (Å²) < 4.78 is 2.11. The van der Waals surface area contributed by atoms with Crippen LogP contribution in [0.2, 0.25) is 0 Å². The van der Waals surface area contributed by atoms with Crippen molar-refractivity contribution in [1.82, 2.24) is 9.55 Å². The van der Waals surface area contributed by atoms with Gasteiger partial charge in [-0.1, -0.05) is 12.1 Å². The van der Waals surface area contributed by atoms with E-state index in [0.29, 0.717) is 0 Å². The number of anilines is 2. The number of benzene rings is 1. The van der Waals surface area contributed by atoms with E-state index in [1.807, 2.05) is 32.2 Å². The summed E-state index contributed by atoms with van der Waals surface area (Å²) in [4.78, 5) is 6.43. The molecule has 4 nitrogen and oxygen atoms in total. The van der Waals surface area contributed by atoms with Crippen molar-refractivity contribution in [3.8, 4) is 0 Å². The lowest BCUT2D eigenvalue weighted by Gasteiger charge is -2.14. The van der Waals surface area contributed by atoms with E-state index in [9.17, 15) is 0 Å². The summed E-state index contributed by atoms with van der Waals surface area (Å²) >= 11 is 0.